The van der Waals surface area contributed by atoms with E-state index >= 15 is 0 Å². The number of benzene rings is 1. The molecule has 1 saturated heterocycles. The molecule has 8 heteroatoms. The first-order valence-corrected chi connectivity index (χ1v) is 10.3. The van der Waals surface area contributed by atoms with Gasteiger partial charge in [-0.15, -0.1) is 24.0 Å². The van der Waals surface area contributed by atoms with Gasteiger partial charge in [-0.2, -0.15) is 0 Å². The average molecular weight is 494 g/mol. The van der Waals surface area contributed by atoms with E-state index in [1.54, 1.807) is 26.2 Å². The lowest BCUT2D eigenvalue weighted by Gasteiger charge is -2.33. The number of likely N-dealkylation sites (tertiary alicyclic amines) is 1. The van der Waals surface area contributed by atoms with Crippen LogP contribution >= 0.6 is 24.0 Å². The van der Waals surface area contributed by atoms with Gasteiger partial charge < -0.3 is 10.2 Å². The van der Waals surface area contributed by atoms with Crippen molar-refractivity contribution in [1.82, 2.24) is 14.5 Å². The number of hydrogen-bond acceptors (Lipinski definition) is 3. The number of rotatable bonds is 5. The second-order valence-electron chi connectivity index (χ2n) is 6.73. The van der Waals surface area contributed by atoms with E-state index in [2.05, 4.69) is 17.1 Å². The molecule has 0 aliphatic carbocycles. The molecule has 0 amide bonds. The molecule has 0 spiro atoms. The highest BCUT2D eigenvalue weighted by Crippen LogP contribution is 2.20. The molecule has 6 nitrogen and oxygen atoms in total. The number of hydrogen-bond donors (Lipinski definition) is 1. The Bertz CT molecular complexity index is 699. The number of piperidine rings is 1. The average Bonchev–Trinajstić information content (AvgIpc) is 2.59. The van der Waals surface area contributed by atoms with Gasteiger partial charge in [0.2, 0.25) is 10.0 Å². The summed E-state index contributed by atoms with van der Waals surface area (Å²) in [6.07, 6.45) is 2.33. The Balaban J connectivity index is 0.00000338. The minimum absolute atomic E-state index is 0. The zero-order chi connectivity index (χ0) is 18.4. The van der Waals surface area contributed by atoms with Gasteiger partial charge in [-0.05, 0) is 37.3 Å². The third-order valence-electron chi connectivity index (χ3n) is 4.55. The van der Waals surface area contributed by atoms with Gasteiger partial charge >= 0.3 is 0 Å². The molecule has 1 aliphatic heterocycles. The molecule has 2 rings (SSSR count). The molecular weight excluding hydrogens is 463 g/mol. The van der Waals surface area contributed by atoms with Crippen LogP contribution in [0.3, 0.4) is 0 Å². The van der Waals surface area contributed by atoms with Gasteiger partial charge in [-0.25, -0.2) is 17.7 Å². The van der Waals surface area contributed by atoms with Gasteiger partial charge in [-0.3, -0.25) is 0 Å². The van der Waals surface area contributed by atoms with Gasteiger partial charge in [0.1, 0.15) is 0 Å². The lowest BCUT2D eigenvalue weighted by molar-refractivity contribution is 0.273. The SMILES string of the molecule is CCNC(=NCc1ccccc1S(=O)(=O)N(C)C)N1CCC(C)CC1.I. The summed E-state index contributed by atoms with van der Waals surface area (Å²) in [6, 6.07) is 7.09. The predicted molar refractivity (Wildman–Crippen MR) is 118 cm³/mol. The van der Waals surface area contributed by atoms with Crippen LogP contribution in [0.1, 0.15) is 32.3 Å². The van der Waals surface area contributed by atoms with E-state index in [1.165, 1.54) is 4.31 Å². The summed E-state index contributed by atoms with van der Waals surface area (Å²) in [4.78, 5) is 7.31. The monoisotopic (exact) mass is 494 g/mol. The Morgan fingerprint density at radius 1 is 1.27 bits per heavy atom. The van der Waals surface area contributed by atoms with Crippen molar-refractivity contribution >= 4 is 40.0 Å². The second kappa shape index (κ2) is 10.5. The van der Waals surface area contributed by atoms with Crippen LogP contribution in [-0.2, 0) is 16.6 Å². The summed E-state index contributed by atoms with van der Waals surface area (Å²) in [5.74, 6) is 1.62. The largest absolute Gasteiger partial charge is 0.357 e. The third-order valence-corrected chi connectivity index (χ3v) is 6.46. The van der Waals surface area contributed by atoms with Crippen LogP contribution in [-0.4, -0.2) is 57.3 Å². The number of nitrogens with zero attached hydrogens (tertiary/aromatic N) is 3. The van der Waals surface area contributed by atoms with Crippen LogP contribution in [0.15, 0.2) is 34.2 Å². The van der Waals surface area contributed by atoms with Crippen molar-refractivity contribution in [3.8, 4) is 0 Å². The van der Waals surface area contributed by atoms with Crippen LogP contribution in [0, 0.1) is 5.92 Å². The molecule has 0 saturated carbocycles. The Morgan fingerprint density at radius 3 is 2.46 bits per heavy atom. The van der Waals surface area contributed by atoms with E-state index < -0.39 is 10.0 Å². The fourth-order valence-corrected chi connectivity index (χ4v) is 4.00. The van der Waals surface area contributed by atoms with Crippen molar-refractivity contribution in [3.05, 3.63) is 29.8 Å². The zero-order valence-corrected chi connectivity index (χ0v) is 19.3. The second-order valence-corrected chi connectivity index (χ2v) is 8.86. The number of sulfonamides is 1. The minimum atomic E-state index is -3.47. The van der Waals surface area contributed by atoms with Gasteiger partial charge in [0.15, 0.2) is 5.96 Å². The third kappa shape index (κ3) is 5.82. The first kappa shape index (κ1) is 23.2. The highest BCUT2D eigenvalue weighted by molar-refractivity contribution is 14.0. The zero-order valence-electron chi connectivity index (χ0n) is 16.1. The molecule has 1 aliphatic rings. The molecule has 1 heterocycles. The Labute approximate surface area is 175 Å². The summed E-state index contributed by atoms with van der Waals surface area (Å²) in [6.45, 7) is 7.45. The van der Waals surface area contributed by atoms with Crippen LogP contribution in [0.2, 0.25) is 0 Å². The summed E-state index contributed by atoms with van der Waals surface area (Å²) < 4.78 is 26.3. The molecule has 1 aromatic rings. The van der Waals surface area contributed by atoms with Crippen LogP contribution in [0.25, 0.3) is 0 Å². The molecule has 0 atom stereocenters. The molecule has 1 aromatic carbocycles. The van der Waals surface area contributed by atoms with E-state index in [1.807, 2.05) is 19.1 Å². The van der Waals surface area contributed by atoms with E-state index in [0.29, 0.717) is 11.4 Å². The molecule has 0 bridgehead atoms. The maximum Gasteiger partial charge on any atom is 0.242 e. The molecular formula is C18H31IN4O2S. The lowest BCUT2D eigenvalue weighted by atomic mass is 10.00. The summed E-state index contributed by atoms with van der Waals surface area (Å²) in [5, 5.41) is 3.33. The van der Waals surface area contributed by atoms with Crippen molar-refractivity contribution in [2.24, 2.45) is 10.9 Å². The van der Waals surface area contributed by atoms with Crippen molar-refractivity contribution in [1.29, 1.82) is 0 Å². The van der Waals surface area contributed by atoms with Crippen molar-refractivity contribution in [3.63, 3.8) is 0 Å². The van der Waals surface area contributed by atoms with Crippen LogP contribution < -0.4 is 5.32 Å². The van der Waals surface area contributed by atoms with Crippen LogP contribution in [0.5, 0.6) is 0 Å². The molecule has 0 aromatic heterocycles. The first-order valence-electron chi connectivity index (χ1n) is 8.90. The van der Waals surface area contributed by atoms with Crippen molar-refractivity contribution < 1.29 is 8.42 Å². The van der Waals surface area contributed by atoms with E-state index in [0.717, 1.165) is 49.9 Å². The summed E-state index contributed by atoms with van der Waals surface area (Å²) in [5.41, 5.74) is 0.719. The van der Waals surface area contributed by atoms with E-state index in [9.17, 15) is 8.42 Å². The van der Waals surface area contributed by atoms with Gasteiger partial charge in [0.05, 0.1) is 11.4 Å². The predicted octanol–water partition coefficient (Wildman–Crippen LogP) is 2.75. The Kier molecular flexibility index (Phi) is 9.32. The van der Waals surface area contributed by atoms with Gasteiger partial charge in [-0.1, -0.05) is 25.1 Å². The quantitative estimate of drug-likeness (QED) is 0.389. The molecule has 1 fully saturated rings. The highest BCUT2D eigenvalue weighted by Gasteiger charge is 2.21. The van der Waals surface area contributed by atoms with Crippen LogP contribution in [0.4, 0.5) is 0 Å². The standard InChI is InChI=1S/C18H30N4O2S.HI/c1-5-19-18(22-12-10-15(2)11-13-22)20-14-16-8-6-7-9-17(16)25(23,24)21(3)4;/h6-9,15H,5,10-14H2,1-4H3,(H,19,20);1H. The number of halogens is 1. The highest BCUT2D eigenvalue weighted by atomic mass is 127. The fourth-order valence-electron chi connectivity index (χ4n) is 2.89. The van der Waals surface area contributed by atoms with E-state index in [4.69, 9.17) is 4.99 Å². The minimum Gasteiger partial charge on any atom is -0.357 e. The Morgan fingerprint density at radius 2 is 1.88 bits per heavy atom. The normalized spacial score (nSPS) is 16.5. The first-order chi connectivity index (χ1) is 11.9. The fraction of sp³-hybridized carbons (Fsp3) is 0.611. The maximum absolute atomic E-state index is 12.5. The smallest absolute Gasteiger partial charge is 0.242 e. The molecule has 0 unspecified atom stereocenters. The maximum atomic E-state index is 12.5. The molecule has 1 N–H and O–H groups in total. The lowest BCUT2D eigenvalue weighted by Crippen LogP contribution is -2.45. The van der Waals surface area contributed by atoms with Gasteiger partial charge in [0.25, 0.3) is 0 Å². The molecule has 26 heavy (non-hydrogen) atoms. The van der Waals surface area contributed by atoms with Crippen molar-refractivity contribution in [2.75, 3.05) is 33.7 Å². The molecule has 148 valence electrons. The topological polar surface area (TPSA) is 65.0 Å². The van der Waals surface area contributed by atoms with Crippen molar-refractivity contribution in [2.45, 2.75) is 38.1 Å². The Hall–Kier alpha value is -0.870. The number of aliphatic imine (C=N–C) groups is 1. The summed E-state index contributed by atoms with van der Waals surface area (Å²) in [7, 11) is -0.370. The number of nitrogens with one attached hydrogen (secondary N) is 1. The number of guanidine groups is 1. The molecule has 0 radical (unpaired) electrons. The van der Waals surface area contributed by atoms with Gasteiger partial charge in [0, 0.05) is 33.7 Å². The van der Waals surface area contributed by atoms with E-state index in [-0.39, 0.29) is 24.0 Å². The summed E-state index contributed by atoms with van der Waals surface area (Å²) >= 11 is 0.